The highest BCUT2D eigenvalue weighted by atomic mass is 16.1. The third kappa shape index (κ3) is 3.52. The quantitative estimate of drug-likeness (QED) is 0.775. The van der Waals surface area contributed by atoms with E-state index in [1.54, 1.807) is 24.3 Å². The minimum atomic E-state index is -0.444. The second-order valence-corrected chi connectivity index (χ2v) is 5.12. The first-order valence-corrected chi connectivity index (χ1v) is 7.20. The third-order valence-corrected chi connectivity index (χ3v) is 3.35. The van der Waals surface area contributed by atoms with E-state index >= 15 is 0 Å². The highest BCUT2D eigenvalue weighted by molar-refractivity contribution is 5.93. The van der Waals surface area contributed by atoms with Crippen LogP contribution in [-0.4, -0.2) is 15.9 Å². The van der Waals surface area contributed by atoms with Gasteiger partial charge in [-0.1, -0.05) is 30.3 Å². The van der Waals surface area contributed by atoms with Crippen molar-refractivity contribution in [3.8, 4) is 11.3 Å². The Morgan fingerprint density at radius 2 is 1.70 bits per heavy atom. The number of anilines is 2. The molecule has 0 atom stereocenters. The lowest BCUT2D eigenvalue weighted by Crippen LogP contribution is -2.10. The molecule has 5 nitrogen and oxygen atoms in total. The van der Waals surface area contributed by atoms with E-state index in [1.807, 2.05) is 43.3 Å². The van der Waals surface area contributed by atoms with E-state index < -0.39 is 5.91 Å². The molecule has 1 heterocycles. The molecule has 114 valence electrons. The van der Waals surface area contributed by atoms with Crippen molar-refractivity contribution in [1.82, 2.24) is 9.97 Å². The molecule has 0 saturated carbocycles. The van der Waals surface area contributed by atoms with E-state index in [-0.39, 0.29) is 0 Å². The average molecular weight is 304 g/mol. The van der Waals surface area contributed by atoms with Crippen molar-refractivity contribution < 1.29 is 4.79 Å². The van der Waals surface area contributed by atoms with Crippen molar-refractivity contribution in [3.05, 3.63) is 72.1 Å². The summed E-state index contributed by atoms with van der Waals surface area (Å²) in [5.41, 5.74) is 8.43. The predicted molar refractivity (Wildman–Crippen MR) is 90.4 cm³/mol. The van der Waals surface area contributed by atoms with Gasteiger partial charge < -0.3 is 11.1 Å². The molecular formula is C18H16N4O. The van der Waals surface area contributed by atoms with E-state index in [9.17, 15) is 4.79 Å². The Morgan fingerprint density at radius 1 is 1.00 bits per heavy atom. The molecule has 0 spiro atoms. The van der Waals surface area contributed by atoms with Gasteiger partial charge in [0.25, 0.3) is 0 Å². The summed E-state index contributed by atoms with van der Waals surface area (Å²) in [4.78, 5) is 20.0. The number of rotatable bonds is 4. The lowest BCUT2D eigenvalue weighted by molar-refractivity contribution is 0.100. The summed E-state index contributed by atoms with van der Waals surface area (Å²) in [6.07, 6.45) is 0. The predicted octanol–water partition coefficient (Wildman–Crippen LogP) is 3.29. The number of nitrogens with two attached hydrogens (primary N) is 1. The normalized spacial score (nSPS) is 10.3. The number of benzene rings is 2. The molecule has 0 aliphatic rings. The number of hydrogen-bond acceptors (Lipinski definition) is 4. The van der Waals surface area contributed by atoms with Crippen LogP contribution in [0.2, 0.25) is 0 Å². The zero-order chi connectivity index (χ0) is 16.2. The molecule has 1 aromatic heterocycles. The van der Waals surface area contributed by atoms with Gasteiger partial charge in [0.2, 0.25) is 5.91 Å². The number of hydrogen-bond donors (Lipinski definition) is 2. The number of nitrogens with one attached hydrogen (secondary N) is 1. The van der Waals surface area contributed by atoms with Gasteiger partial charge in [-0.2, -0.15) is 0 Å². The van der Waals surface area contributed by atoms with Crippen molar-refractivity contribution in [2.24, 2.45) is 5.73 Å². The summed E-state index contributed by atoms with van der Waals surface area (Å²) >= 11 is 0. The van der Waals surface area contributed by atoms with E-state index in [0.29, 0.717) is 17.2 Å². The largest absolute Gasteiger partial charge is 0.366 e. The molecule has 0 radical (unpaired) electrons. The Bertz CT molecular complexity index is 829. The maximum Gasteiger partial charge on any atom is 0.248 e. The van der Waals surface area contributed by atoms with Crippen LogP contribution in [0.3, 0.4) is 0 Å². The number of primary amides is 1. The summed E-state index contributed by atoms with van der Waals surface area (Å²) < 4.78 is 0. The second-order valence-electron chi connectivity index (χ2n) is 5.12. The van der Waals surface area contributed by atoms with Crippen LogP contribution >= 0.6 is 0 Å². The van der Waals surface area contributed by atoms with Gasteiger partial charge in [-0.25, -0.2) is 9.97 Å². The molecule has 1 amide bonds. The molecule has 23 heavy (non-hydrogen) atoms. The van der Waals surface area contributed by atoms with Gasteiger partial charge in [0, 0.05) is 22.9 Å². The monoisotopic (exact) mass is 304 g/mol. The van der Waals surface area contributed by atoms with E-state index in [0.717, 1.165) is 16.9 Å². The van der Waals surface area contributed by atoms with Gasteiger partial charge in [-0.15, -0.1) is 0 Å². The fourth-order valence-corrected chi connectivity index (χ4v) is 2.25. The van der Waals surface area contributed by atoms with Gasteiger partial charge in [-0.05, 0) is 31.2 Å². The number of carbonyl (C=O) groups excluding carboxylic acids is 1. The Labute approximate surface area is 134 Å². The van der Waals surface area contributed by atoms with E-state index in [1.165, 1.54) is 0 Å². The first-order chi connectivity index (χ1) is 11.1. The molecule has 0 unspecified atom stereocenters. The third-order valence-electron chi connectivity index (χ3n) is 3.35. The van der Waals surface area contributed by atoms with Crippen LogP contribution in [0.25, 0.3) is 11.3 Å². The van der Waals surface area contributed by atoms with Gasteiger partial charge in [0.15, 0.2) is 0 Å². The van der Waals surface area contributed by atoms with Gasteiger partial charge in [0.05, 0.1) is 5.69 Å². The van der Waals surface area contributed by atoms with E-state index in [4.69, 9.17) is 5.73 Å². The highest BCUT2D eigenvalue weighted by Crippen LogP contribution is 2.22. The molecule has 3 aromatic rings. The number of carbonyl (C=O) groups is 1. The highest BCUT2D eigenvalue weighted by Gasteiger charge is 2.05. The molecule has 0 saturated heterocycles. The topological polar surface area (TPSA) is 80.9 Å². The van der Waals surface area contributed by atoms with Crippen LogP contribution < -0.4 is 11.1 Å². The molecule has 3 rings (SSSR count). The van der Waals surface area contributed by atoms with Crippen LogP contribution in [0.15, 0.2) is 60.7 Å². The van der Waals surface area contributed by atoms with Crippen LogP contribution in [-0.2, 0) is 0 Å². The van der Waals surface area contributed by atoms with Gasteiger partial charge >= 0.3 is 0 Å². The molecule has 0 aliphatic heterocycles. The molecular weight excluding hydrogens is 288 g/mol. The SMILES string of the molecule is Cc1nc(Nc2ccc(C(N)=O)cc2)cc(-c2ccccc2)n1. The van der Waals surface area contributed by atoms with Gasteiger partial charge in [-0.3, -0.25) is 4.79 Å². The lowest BCUT2D eigenvalue weighted by Gasteiger charge is -2.09. The van der Waals surface area contributed by atoms with Crippen molar-refractivity contribution in [2.75, 3.05) is 5.32 Å². The Hall–Kier alpha value is -3.21. The number of aryl methyl sites for hydroxylation is 1. The maximum absolute atomic E-state index is 11.1. The molecule has 0 aliphatic carbocycles. The van der Waals surface area contributed by atoms with Gasteiger partial charge in [0.1, 0.15) is 11.6 Å². The van der Waals surface area contributed by atoms with Crippen LogP contribution in [0.1, 0.15) is 16.2 Å². The number of nitrogens with zero attached hydrogens (tertiary/aromatic N) is 2. The second kappa shape index (κ2) is 6.27. The lowest BCUT2D eigenvalue weighted by atomic mass is 10.1. The standard InChI is InChI=1S/C18H16N4O/c1-12-20-16(13-5-3-2-4-6-13)11-17(21-12)22-15-9-7-14(8-10-15)18(19)23/h2-11H,1H3,(H2,19,23)(H,20,21,22). The summed E-state index contributed by atoms with van der Waals surface area (Å²) in [6.45, 7) is 1.85. The zero-order valence-electron chi connectivity index (χ0n) is 12.7. The van der Waals surface area contributed by atoms with Crippen molar-refractivity contribution in [2.45, 2.75) is 6.92 Å². The fraction of sp³-hybridized carbons (Fsp3) is 0.0556. The molecule has 0 fully saturated rings. The minimum absolute atomic E-state index is 0.444. The van der Waals surface area contributed by atoms with Crippen LogP contribution in [0, 0.1) is 6.92 Å². The Kier molecular flexibility index (Phi) is 4.01. The molecule has 3 N–H and O–H groups in total. The smallest absolute Gasteiger partial charge is 0.248 e. The first kappa shape index (κ1) is 14.7. The Balaban J connectivity index is 1.88. The van der Waals surface area contributed by atoms with Crippen molar-refractivity contribution >= 4 is 17.4 Å². The average Bonchev–Trinajstić information content (AvgIpc) is 2.55. The molecule has 5 heteroatoms. The minimum Gasteiger partial charge on any atom is -0.366 e. The number of amides is 1. The van der Waals surface area contributed by atoms with E-state index in [2.05, 4.69) is 15.3 Å². The first-order valence-electron chi connectivity index (χ1n) is 7.20. The summed E-state index contributed by atoms with van der Waals surface area (Å²) in [5, 5.41) is 3.22. The van der Waals surface area contributed by atoms with Crippen LogP contribution in [0.4, 0.5) is 11.5 Å². The van der Waals surface area contributed by atoms with Crippen molar-refractivity contribution in [1.29, 1.82) is 0 Å². The van der Waals surface area contributed by atoms with Crippen molar-refractivity contribution in [3.63, 3.8) is 0 Å². The van der Waals surface area contributed by atoms with Crippen LogP contribution in [0.5, 0.6) is 0 Å². The summed E-state index contributed by atoms with van der Waals surface area (Å²) in [7, 11) is 0. The molecule has 0 bridgehead atoms. The fourth-order valence-electron chi connectivity index (χ4n) is 2.25. The number of aromatic nitrogens is 2. The summed E-state index contributed by atoms with van der Waals surface area (Å²) in [5.74, 6) is 0.937. The summed E-state index contributed by atoms with van der Waals surface area (Å²) in [6, 6.07) is 18.8. The maximum atomic E-state index is 11.1. The zero-order valence-corrected chi connectivity index (χ0v) is 12.7. The molecule has 2 aromatic carbocycles. The Morgan fingerprint density at radius 3 is 2.35 bits per heavy atom.